The summed E-state index contributed by atoms with van der Waals surface area (Å²) in [4.78, 5) is 25.1. The topological polar surface area (TPSA) is 49.4 Å². The second-order valence-electron chi connectivity index (χ2n) is 4.85. The van der Waals surface area contributed by atoms with E-state index in [4.69, 9.17) is 0 Å². The number of Topliss-reactive ketones (excluding diaryl/α,β-unsaturated/α-hetero) is 1. The van der Waals surface area contributed by atoms with Crippen molar-refractivity contribution in [3.63, 3.8) is 0 Å². The van der Waals surface area contributed by atoms with Gasteiger partial charge in [0.05, 0.1) is 0 Å². The van der Waals surface area contributed by atoms with E-state index in [0.717, 1.165) is 13.0 Å². The number of hydrogen-bond donors (Lipinski definition) is 1. The normalized spacial score (nSPS) is 10.4. The lowest BCUT2D eigenvalue weighted by molar-refractivity contribution is 0.101. The smallest absolute Gasteiger partial charge is 0.322 e. The van der Waals surface area contributed by atoms with Crippen molar-refractivity contribution in [1.29, 1.82) is 0 Å². The lowest BCUT2D eigenvalue weighted by Gasteiger charge is -2.26. The predicted octanol–water partition coefficient (Wildman–Crippen LogP) is 3.54. The van der Waals surface area contributed by atoms with Crippen molar-refractivity contribution in [3.05, 3.63) is 29.8 Å². The Labute approximate surface area is 114 Å². The first kappa shape index (κ1) is 15.2. The number of carbonyl (C=O) groups excluding carboxylic acids is 2. The highest BCUT2D eigenvalue weighted by atomic mass is 16.2. The summed E-state index contributed by atoms with van der Waals surface area (Å²) in [5, 5.41) is 2.85. The third-order valence-electron chi connectivity index (χ3n) is 2.89. The lowest BCUT2D eigenvalue weighted by atomic mass is 10.1. The Kier molecular flexibility index (Phi) is 5.55. The Balaban J connectivity index is 2.72. The fraction of sp³-hybridized carbons (Fsp3) is 0.467. The molecule has 0 atom stereocenters. The summed E-state index contributed by atoms with van der Waals surface area (Å²) in [5.74, 6) is 0.0210. The highest BCUT2D eigenvalue weighted by molar-refractivity contribution is 5.95. The molecule has 0 heterocycles. The molecule has 1 N–H and O–H groups in total. The Morgan fingerprint density at radius 3 is 2.21 bits per heavy atom. The highest BCUT2D eigenvalue weighted by Crippen LogP contribution is 2.12. The van der Waals surface area contributed by atoms with Gasteiger partial charge in [0.2, 0.25) is 0 Å². The van der Waals surface area contributed by atoms with Crippen LogP contribution in [0.3, 0.4) is 0 Å². The number of urea groups is 1. The molecule has 19 heavy (non-hydrogen) atoms. The van der Waals surface area contributed by atoms with Gasteiger partial charge in [-0.15, -0.1) is 0 Å². The molecule has 104 valence electrons. The SMILES string of the molecule is CCCN(C(=O)Nc1ccc(C(C)=O)cc1)C(C)C. The lowest BCUT2D eigenvalue weighted by Crippen LogP contribution is -2.40. The number of carbonyl (C=O) groups is 2. The fourth-order valence-corrected chi connectivity index (χ4v) is 1.82. The Morgan fingerprint density at radius 2 is 1.79 bits per heavy atom. The van der Waals surface area contributed by atoms with E-state index < -0.39 is 0 Å². The van der Waals surface area contributed by atoms with Crippen molar-refractivity contribution in [1.82, 2.24) is 4.90 Å². The summed E-state index contributed by atoms with van der Waals surface area (Å²) < 4.78 is 0. The van der Waals surface area contributed by atoms with E-state index in [2.05, 4.69) is 5.32 Å². The van der Waals surface area contributed by atoms with Crippen molar-refractivity contribution in [3.8, 4) is 0 Å². The molecule has 0 aromatic heterocycles. The number of nitrogens with one attached hydrogen (secondary N) is 1. The number of hydrogen-bond acceptors (Lipinski definition) is 2. The molecule has 4 nitrogen and oxygen atoms in total. The van der Waals surface area contributed by atoms with Gasteiger partial charge in [-0.1, -0.05) is 6.92 Å². The van der Waals surface area contributed by atoms with E-state index in [-0.39, 0.29) is 17.9 Å². The van der Waals surface area contributed by atoms with Gasteiger partial charge in [-0.2, -0.15) is 0 Å². The van der Waals surface area contributed by atoms with Gasteiger partial charge in [-0.25, -0.2) is 4.79 Å². The number of anilines is 1. The van der Waals surface area contributed by atoms with E-state index >= 15 is 0 Å². The Bertz CT molecular complexity index is 438. The van der Waals surface area contributed by atoms with Gasteiger partial charge in [0, 0.05) is 23.8 Å². The zero-order chi connectivity index (χ0) is 14.4. The van der Waals surface area contributed by atoms with Crippen LogP contribution in [0, 0.1) is 0 Å². The molecule has 0 saturated heterocycles. The summed E-state index contributed by atoms with van der Waals surface area (Å²) in [6.07, 6.45) is 0.925. The molecular formula is C15H22N2O2. The minimum atomic E-state index is -0.104. The van der Waals surface area contributed by atoms with Gasteiger partial charge in [-0.3, -0.25) is 4.79 Å². The first-order chi connectivity index (χ1) is 8.95. The van der Waals surface area contributed by atoms with Crippen molar-refractivity contribution >= 4 is 17.5 Å². The van der Waals surface area contributed by atoms with Crippen molar-refractivity contribution in [2.45, 2.75) is 40.2 Å². The minimum absolute atomic E-state index is 0.0210. The molecule has 0 saturated carbocycles. The van der Waals surface area contributed by atoms with Crippen LogP contribution in [-0.2, 0) is 0 Å². The highest BCUT2D eigenvalue weighted by Gasteiger charge is 2.15. The molecular weight excluding hydrogens is 240 g/mol. The average Bonchev–Trinajstić information content (AvgIpc) is 2.36. The standard InChI is InChI=1S/C15H22N2O2/c1-5-10-17(11(2)3)15(19)16-14-8-6-13(7-9-14)12(4)18/h6-9,11H,5,10H2,1-4H3,(H,16,19). The first-order valence-electron chi connectivity index (χ1n) is 6.64. The molecule has 2 amide bonds. The van der Waals surface area contributed by atoms with Crippen LogP contribution in [0.25, 0.3) is 0 Å². The summed E-state index contributed by atoms with van der Waals surface area (Å²) >= 11 is 0. The maximum atomic E-state index is 12.1. The number of ketones is 1. The number of rotatable bonds is 5. The Morgan fingerprint density at radius 1 is 1.21 bits per heavy atom. The Hall–Kier alpha value is -1.84. The van der Waals surface area contributed by atoms with Crippen molar-refractivity contribution in [2.24, 2.45) is 0 Å². The molecule has 0 aliphatic carbocycles. The minimum Gasteiger partial charge on any atom is -0.322 e. The zero-order valence-corrected chi connectivity index (χ0v) is 12.1. The van der Waals surface area contributed by atoms with Crippen LogP contribution in [0.15, 0.2) is 24.3 Å². The van der Waals surface area contributed by atoms with Crippen LogP contribution < -0.4 is 5.32 Å². The van der Waals surface area contributed by atoms with Gasteiger partial charge in [0.1, 0.15) is 0 Å². The molecule has 0 spiro atoms. The average molecular weight is 262 g/mol. The molecule has 4 heteroatoms. The van der Waals surface area contributed by atoms with Crippen LogP contribution >= 0.6 is 0 Å². The second kappa shape index (κ2) is 6.92. The molecule has 0 unspecified atom stereocenters. The monoisotopic (exact) mass is 262 g/mol. The van der Waals surface area contributed by atoms with E-state index in [1.807, 2.05) is 20.8 Å². The van der Waals surface area contributed by atoms with Crippen LogP contribution in [0.2, 0.25) is 0 Å². The van der Waals surface area contributed by atoms with Crippen molar-refractivity contribution in [2.75, 3.05) is 11.9 Å². The maximum absolute atomic E-state index is 12.1. The van der Waals surface area contributed by atoms with Crippen LogP contribution in [0.5, 0.6) is 0 Å². The molecule has 0 radical (unpaired) electrons. The summed E-state index contributed by atoms with van der Waals surface area (Å²) in [6.45, 7) is 8.29. The molecule has 1 aromatic rings. The van der Waals surface area contributed by atoms with E-state index in [1.54, 1.807) is 29.2 Å². The molecule has 0 fully saturated rings. The number of benzene rings is 1. The quantitative estimate of drug-likeness (QED) is 0.825. The van der Waals surface area contributed by atoms with Crippen LogP contribution in [-0.4, -0.2) is 29.3 Å². The zero-order valence-electron chi connectivity index (χ0n) is 12.1. The molecule has 0 aliphatic rings. The van der Waals surface area contributed by atoms with Gasteiger partial charge < -0.3 is 10.2 Å². The summed E-state index contributed by atoms with van der Waals surface area (Å²) in [7, 11) is 0. The number of amides is 2. The van der Waals surface area contributed by atoms with Gasteiger partial charge >= 0.3 is 6.03 Å². The van der Waals surface area contributed by atoms with Gasteiger partial charge in [0.25, 0.3) is 0 Å². The molecule has 0 bridgehead atoms. The van der Waals surface area contributed by atoms with E-state index in [0.29, 0.717) is 11.3 Å². The molecule has 1 aromatic carbocycles. The van der Waals surface area contributed by atoms with Crippen molar-refractivity contribution < 1.29 is 9.59 Å². The van der Waals surface area contributed by atoms with E-state index in [1.165, 1.54) is 6.92 Å². The molecule has 1 rings (SSSR count). The van der Waals surface area contributed by atoms with Gasteiger partial charge in [0.15, 0.2) is 5.78 Å². The first-order valence-corrected chi connectivity index (χ1v) is 6.64. The second-order valence-corrected chi connectivity index (χ2v) is 4.85. The van der Waals surface area contributed by atoms with Crippen LogP contribution in [0.4, 0.5) is 10.5 Å². The predicted molar refractivity (Wildman–Crippen MR) is 77.6 cm³/mol. The van der Waals surface area contributed by atoms with E-state index in [9.17, 15) is 9.59 Å². The third-order valence-corrected chi connectivity index (χ3v) is 2.89. The number of nitrogens with zero attached hydrogens (tertiary/aromatic N) is 1. The maximum Gasteiger partial charge on any atom is 0.322 e. The fourth-order valence-electron chi connectivity index (χ4n) is 1.82. The van der Waals surface area contributed by atoms with Crippen LogP contribution in [0.1, 0.15) is 44.5 Å². The third kappa shape index (κ3) is 4.39. The summed E-state index contributed by atoms with van der Waals surface area (Å²) in [5.41, 5.74) is 1.35. The largest absolute Gasteiger partial charge is 0.322 e. The summed E-state index contributed by atoms with van der Waals surface area (Å²) in [6, 6.07) is 7.00. The molecule has 0 aliphatic heterocycles. The van der Waals surface area contributed by atoms with Gasteiger partial charge in [-0.05, 0) is 51.5 Å².